The summed E-state index contributed by atoms with van der Waals surface area (Å²) in [5.74, 6) is 0.171. The van der Waals surface area contributed by atoms with Crippen LogP contribution >= 0.6 is 0 Å². The van der Waals surface area contributed by atoms with E-state index in [-0.39, 0.29) is 12.0 Å². The Kier molecular flexibility index (Phi) is 1.03. The van der Waals surface area contributed by atoms with Crippen LogP contribution in [0.15, 0.2) is 29.1 Å². The summed E-state index contributed by atoms with van der Waals surface area (Å²) in [6.07, 6.45) is 7.51. The van der Waals surface area contributed by atoms with Crippen molar-refractivity contribution in [3.63, 3.8) is 0 Å². The quantitative estimate of drug-likeness (QED) is 0.524. The summed E-state index contributed by atoms with van der Waals surface area (Å²) in [4.78, 5) is 4.99. The summed E-state index contributed by atoms with van der Waals surface area (Å²) in [5.41, 5.74) is 6.49. The van der Waals surface area contributed by atoms with E-state index >= 15 is 0 Å². The maximum Gasteiger partial charge on any atom is 0.159 e. The Bertz CT molecular complexity index is 230. The minimum Gasteiger partial charge on any atom is -0.401 e. The Morgan fingerprint density at radius 1 is 1.60 bits per heavy atom. The van der Waals surface area contributed by atoms with E-state index in [1.807, 2.05) is 18.2 Å². The standard InChI is InChI=1S/C7H8N2O/c8-6-2-1-3-7-5(6)4-9-10-7/h1-5,7H,8H2. The zero-order valence-corrected chi connectivity index (χ0v) is 5.40. The molecule has 3 nitrogen and oxygen atoms in total. The third kappa shape index (κ3) is 0.635. The lowest BCUT2D eigenvalue weighted by Crippen LogP contribution is -2.24. The van der Waals surface area contributed by atoms with Gasteiger partial charge in [0.1, 0.15) is 0 Å². The number of rotatable bonds is 0. The molecule has 1 aliphatic carbocycles. The summed E-state index contributed by atoms with van der Waals surface area (Å²) >= 11 is 0. The molecule has 52 valence electrons. The van der Waals surface area contributed by atoms with Crippen molar-refractivity contribution in [1.82, 2.24) is 0 Å². The van der Waals surface area contributed by atoms with Crippen LogP contribution in [0.4, 0.5) is 0 Å². The Morgan fingerprint density at radius 2 is 2.50 bits per heavy atom. The largest absolute Gasteiger partial charge is 0.401 e. The first-order chi connectivity index (χ1) is 4.88. The van der Waals surface area contributed by atoms with Gasteiger partial charge in [0.25, 0.3) is 0 Å². The number of hydrogen-bond donors (Lipinski definition) is 1. The van der Waals surface area contributed by atoms with E-state index < -0.39 is 0 Å². The van der Waals surface area contributed by atoms with Gasteiger partial charge in [-0.3, -0.25) is 0 Å². The molecular weight excluding hydrogens is 128 g/mol. The minimum absolute atomic E-state index is 0.0463. The van der Waals surface area contributed by atoms with Crippen LogP contribution in [0.2, 0.25) is 0 Å². The van der Waals surface area contributed by atoms with E-state index in [0.717, 1.165) is 5.70 Å². The van der Waals surface area contributed by atoms with Gasteiger partial charge < -0.3 is 10.6 Å². The molecule has 2 aliphatic rings. The summed E-state index contributed by atoms with van der Waals surface area (Å²) in [5, 5.41) is 3.68. The Labute approximate surface area is 58.8 Å². The summed E-state index contributed by atoms with van der Waals surface area (Å²) < 4.78 is 0. The lowest BCUT2D eigenvalue weighted by Gasteiger charge is -2.15. The number of oxime groups is 1. The van der Waals surface area contributed by atoms with E-state index in [1.165, 1.54) is 0 Å². The molecule has 1 aliphatic heterocycles. The van der Waals surface area contributed by atoms with E-state index in [4.69, 9.17) is 10.6 Å². The Balaban J connectivity index is 2.30. The van der Waals surface area contributed by atoms with Crippen LogP contribution in [0, 0.1) is 5.92 Å². The van der Waals surface area contributed by atoms with Gasteiger partial charge in [-0.05, 0) is 12.2 Å². The summed E-state index contributed by atoms with van der Waals surface area (Å²) in [6.45, 7) is 0. The van der Waals surface area contributed by atoms with Gasteiger partial charge in [-0.1, -0.05) is 11.2 Å². The first-order valence-electron chi connectivity index (χ1n) is 3.21. The maximum absolute atomic E-state index is 5.66. The van der Waals surface area contributed by atoms with E-state index in [0.29, 0.717) is 0 Å². The van der Waals surface area contributed by atoms with E-state index in [1.54, 1.807) is 6.21 Å². The minimum atomic E-state index is 0.0463. The molecule has 0 fully saturated rings. The van der Waals surface area contributed by atoms with Crippen molar-refractivity contribution >= 4 is 6.21 Å². The van der Waals surface area contributed by atoms with Crippen LogP contribution in [0.1, 0.15) is 0 Å². The smallest absolute Gasteiger partial charge is 0.159 e. The molecule has 2 atom stereocenters. The molecule has 2 N–H and O–H groups in total. The van der Waals surface area contributed by atoms with E-state index in [2.05, 4.69) is 5.16 Å². The molecule has 3 heteroatoms. The van der Waals surface area contributed by atoms with Crippen molar-refractivity contribution < 1.29 is 4.84 Å². The second-order valence-electron chi connectivity index (χ2n) is 2.40. The monoisotopic (exact) mass is 136 g/mol. The molecule has 0 bridgehead atoms. The number of nitrogens with zero attached hydrogens (tertiary/aromatic N) is 1. The number of nitrogens with two attached hydrogens (primary N) is 1. The van der Waals surface area contributed by atoms with Gasteiger partial charge in [0.05, 0.1) is 12.1 Å². The predicted molar refractivity (Wildman–Crippen MR) is 38.3 cm³/mol. The molecule has 0 spiro atoms. The molecule has 0 aromatic carbocycles. The molecule has 2 rings (SSSR count). The lowest BCUT2D eigenvalue weighted by molar-refractivity contribution is 0.103. The average Bonchev–Trinajstić information content (AvgIpc) is 2.36. The number of hydrogen-bond acceptors (Lipinski definition) is 3. The zero-order chi connectivity index (χ0) is 6.97. The Morgan fingerprint density at radius 3 is 3.30 bits per heavy atom. The molecule has 0 aromatic rings. The third-order valence-corrected chi connectivity index (χ3v) is 1.73. The van der Waals surface area contributed by atoms with Crippen molar-refractivity contribution in [3.05, 3.63) is 23.9 Å². The van der Waals surface area contributed by atoms with Crippen molar-refractivity contribution in [2.45, 2.75) is 6.10 Å². The molecule has 2 unspecified atom stereocenters. The SMILES string of the molecule is NC1=CC=CC2ON=CC12. The van der Waals surface area contributed by atoms with Crippen molar-refractivity contribution in [2.75, 3.05) is 0 Å². The lowest BCUT2D eigenvalue weighted by atomic mass is 9.96. The zero-order valence-electron chi connectivity index (χ0n) is 5.40. The first-order valence-corrected chi connectivity index (χ1v) is 3.21. The van der Waals surface area contributed by atoms with Gasteiger partial charge in [-0.25, -0.2) is 0 Å². The molecule has 0 saturated heterocycles. The van der Waals surface area contributed by atoms with Crippen LogP contribution in [0.5, 0.6) is 0 Å². The van der Waals surface area contributed by atoms with Crippen LogP contribution < -0.4 is 5.73 Å². The van der Waals surface area contributed by atoms with Crippen LogP contribution in [0.3, 0.4) is 0 Å². The number of allylic oxidation sites excluding steroid dienone is 2. The second kappa shape index (κ2) is 1.87. The number of fused-ring (bicyclic) bond motifs is 1. The molecule has 1 heterocycles. The van der Waals surface area contributed by atoms with Crippen molar-refractivity contribution in [1.29, 1.82) is 0 Å². The fourth-order valence-corrected chi connectivity index (χ4v) is 1.14. The highest BCUT2D eigenvalue weighted by atomic mass is 16.6. The molecule has 0 saturated carbocycles. The third-order valence-electron chi connectivity index (χ3n) is 1.73. The topological polar surface area (TPSA) is 47.6 Å². The summed E-state index contributed by atoms with van der Waals surface area (Å²) in [7, 11) is 0. The van der Waals surface area contributed by atoms with Crippen molar-refractivity contribution in [2.24, 2.45) is 16.8 Å². The van der Waals surface area contributed by atoms with Gasteiger partial charge in [0.15, 0.2) is 6.10 Å². The van der Waals surface area contributed by atoms with Gasteiger partial charge >= 0.3 is 0 Å². The normalized spacial score (nSPS) is 35.0. The van der Waals surface area contributed by atoms with Crippen LogP contribution in [-0.4, -0.2) is 12.3 Å². The maximum atomic E-state index is 5.66. The van der Waals surface area contributed by atoms with Crippen LogP contribution in [0.25, 0.3) is 0 Å². The fraction of sp³-hybridized carbons (Fsp3) is 0.286. The molecule has 0 radical (unpaired) electrons. The van der Waals surface area contributed by atoms with Crippen LogP contribution in [-0.2, 0) is 4.84 Å². The molecule has 0 amide bonds. The van der Waals surface area contributed by atoms with Gasteiger partial charge in [0.2, 0.25) is 0 Å². The Hall–Kier alpha value is -1.25. The van der Waals surface area contributed by atoms with Crippen molar-refractivity contribution in [3.8, 4) is 0 Å². The highest BCUT2D eigenvalue weighted by Gasteiger charge is 2.27. The molecule has 10 heavy (non-hydrogen) atoms. The highest BCUT2D eigenvalue weighted by Crippen LogP contribution is 2.22. The average molecular weight is 136 g/mol. The second-order valence-corrected chi connectivity index (χ2v) is 2.40. The fourth-order valence-electron chi connectivity index (χ4n) is 1.14. The predicted octanol–water partition coefficient (Wildman–Crippen LogP) is 0.400. The van der Waals surface area contributed by atoms with Gasteiger partial charge in [0, 0.05) is 5.70 Å². The van der Waals surface area contributed by atoms with Gasteiger partial charge in [-0.15, -0.1) is 0 Å². The molecular formula is C7H8N2O. The van der Waals surface area contributed by atoms with Gasteiger partial charge in [-0.2, -0.15) is 0 Å². The molecule has 0 aromatic heterocycles. The summed E-state index contributed by atoms with van der Waals surface area (Å²) in [6, 6.07) is 0. The van der Waals surface area contributed by atoms with E-state index in [9.17, 15) is 0 Å². The highest BCUT2D eigenvalue weighted by molar-refractivity contribution is 5.68. The first kappa shape index (κ1) is 5.53.